The van der Waals surface area contributed by atoms with Crippen LogP contribution < -0.4 is 5.32 Å². The van der Waals surface area contributed by atoms with Gasteiger partial charge in [0.1, 0.15) is 12.1 Å². The molecule has 0 spiro atoms. The second-order valence-corrected chi connectivity index (χ2v) is 4.16. The van der Waals surface area contributed by atoms with Crippen molar-refractivity contribution in [3.8, 4) is 0 Å². The summed E-state index contributed by atoms with van der Waals surface area (Å²) >= 11 is 0. The molecule has 0 radical (unpaired) electrons. The molecular weight excluding hydrogens is 260 g/mol. The maximum Gasteiger partial charge on any atom is 0.269 e. The van der Waals surface area contributed by atoms with Gasteiger partial charge in [0.05, 0.1) is 16.5 Å². The molecular formula is C12H10N6O2. The van der Waals surface area contributed by atoms with Gasteiger partial charge in [-0.05, 0) is 12.1 Å². The van der Waals surface area contributed by atoms with Gasteiger partial charge in [-0.2, -0.15) is 5.10 Å². The van der Waals surface area contributed by atoms with Crippen LogP contribution in [0.25, 0.3) is 11.0 Å². The molecule has 0 aliphatic heterocycles. The largest absolute Gasteiger partial charge is 0.340 e. The Kier molecular flexibility index (Phi) is 2.75. The highest BCUT2D eigenvalue weighted by molar-refractivity contribution is 5.88. The number of rotatable bonds is 3. The molecule has 0 fully saturated rings. The van der Waals surface area contributed by atoms with E-state index in [4.69, 9.17) is 0 Å². The van der Waals surface area contributed by atoms with Gasteiger partial charge in [-0.3, -0.25) is 14.8 Å². The van der Waals surface area contributed by atoms with E-state index in [2.05, 4.69) is 20.4 Å². The summed E-state index contributed by atoms with van der Waals surface area (Å²) < 4.78 is 1.65. The molecule has 8 nitrogen and oxygen atoms in total. The summed E-state index contributed by atoms with van der Waals surface area (Å²) in [6.45, 7) is 0. The van der Waals surface area contributed by atoms with E-state index in [9.17, 15) is 10.1 Å². The minimum Gasteiger partial charge on any atom is -0.340 e. The van der Waals surface area contributed by atoms with Crippen molar-refractivity contribution in [1.29, 1.82) is 0 Å². The predicted octanol–water partition coefficient (Wildman–Crippen LogP) is 2.02. The number of fused-ring (bicyclic) bond motifs is 1. The van der Waals surface area contributed by atoms with E-state index in [0.717, 1.165) is 5.39 Å². The van der Waals surface area contributed by atoms with Gasteiger partial charge in [-0.1, -0.05) is 0 Å². The van der Waals surface area contributed by atoms with Gasteiger partial charge in [0.2, 0.25) is 0 Å². The molecule has 1 aromatic carbocycles. The average Bonchev–Trinajstić information content (AvgIpc) is 2.82. The van der Waals surface area contributed by atoms with Crippen LogP contribution in [0.3, 0.4) is 0 Å². The lowest BCUT2D eigenvalue weighted by atomic mass is 10.3. The van der Waals surface area contributed by atoms with Gasteiger partial charge in [-0.25, -0.2) is 9.97 Å². The first-order valence-corrected chi connectivity index (χ1v) is 5.79. The number of aryl methyl sites for hydroxylation is 1. The summed E-state index contributed by atoms with van der Waals surface area (Å²) in [6.07, 6.45) is 3.11. The minimum atomic E-state index is -0.437. The van der Waals surface area contributed by atoms with Crippen molar-refractivity contribution in [2.75, 3.05) is 5.32 Å². The van der Waals surface area contributed by atoms with Gasteiger partial charge in [0.15, 0.2) is 5.65 Å². The smallest absolute Gasteiger partial charge is 0.269 e. The van der Waals surface area contributed by atoms with E-state index < -0.39 is 4.92 Å². The fourth-order valence-electron chi connectivity index (χ4n) is 1.86. The first-order chi connectivity index (χ1) is 9.65. The number of nitrogens with one attached hydrogen (secondary N) is 1. The van der Waals surface area contributed by atoms with Crippen molar-refractivity contribution in [2.45, 2.75) is 0 Å². The standard InChI is InChI=1S/C12H10N6O2/c1-17-12-10(6-15-17)11(13-7-14-12)16-8-2-4-9(5-3-8)18(19)20/h2-7H,1H3,(H,13,14,16). The third-order valence-corrected chi connectivity index (χ3v) is 2.87. The maximum absolute atomic E-state index is 10.6. The maximum atomic E-state index is 10.6. The van der Waals surface area contributed by atoms with E-state index in [0.29, 0.717) is 17.2 Å². The van der Waals surface area contributed by atoms with Gasteiger partial charge in [0, 0.05) is 24.9 Å². The molecule has 3 aromatic rings. The molecule has 0 unspecified atom stereocenters. The zero-order valence-electron chi connectivity index (χ0n) is 10.5. The zero-order chi connectivity index (χ0) is 14.1. The molecule has 2 aromatic heterocycles. The number of nitro groups is 1. The predicted molar refractivity (Wildman–Crippen MR) is 72.7 cm³/mol. The van der Waals surface area contributed by atoms with Crippen LogP contribution in [0.4, 0.5) is 17.2 Å². The topological polar surface area (TPSA) is 98.8 Å². The second-order valence-electron chi connectivity index (χ2n) is 4.16. The number of non-ortho nitro benzene ring substituents is 1. The van der Waals surface area contributed by atoms with Gasteiger partial charge in [0.25, 0.3) is 5.69 Å². The number of hydrogen-bond donors (Lipinski definition) is 1. The molecule has 0 aliphatic rings. The van der Waals surface area contributed by atoms with Crippen molar-refractivity contribution in [2.24, 2.45) is 7.05 Å². The molecule has 8 heteroatoms. The van der Waals surface area contributed by atoms with Crippen LogP contribution >= 0.6 is 0 Å². The number of nitrogens with zero attached hydrogens (tertiary/aromatic N) is 5. The number of nitro benzene ring substituents is 1. The van der Waals surface area contributed by atoms with Crippen LogP contribution in [0.5, 0.6) is 0 Å². The molecule has 0 aliphatic carbocycles. The lowest BCUT2D eigenvalue weighted by molar-refractivity contribution is -0.384. The van der Waals surface area contributed by atoms with E-state index in [-0.39, 0.29) is 5.69 Å². The zero-order valence-corrected chi connectivity index (χ0v) is 10.5. The number of aromatic nitrogens is 4. The van der Waals surface area contributed by atoms with Crippen molar-refractivity contribution < 1.29 is 4.92 Å². The highest BCUT2D eigenvalue weighted by Crippen LogP contribution is 2.23. The summed E-state index contributed by atoms with van der Waals surface area (Å²) in [7, 11) is 1.80. The number of anilines is 2. The van der Waals surface area contributed by atoms with E-state index >= 15 is 0 Å². The fourth-order valence-corrected chi connectivity index (χ4v) is 1.86. The summed E-state index contributed by atoms with van der Waals surface area (Å²) in [5, 5.41) is 18.6. The van der Waals surface area contributed by atoms with Gasteiger partial charge >= 0.3 is 0 Å². The third-order valence-electron chi connectivity index (χ3n) is 2.87. The molecule has 3 rings (SSSR count). The lowest BCUT2D eigenvalue weighted by Gasteiger charge is -2.05. The molecule has 0 saturated carbocycles. The minimum absolute atomic E-state index is 0.0461. The van der Waals surface area contributed by atoms with E-state index in [1.807, 2.05) is 0 Å². The monoisotopic (exact) mass is 270 g/mol. The van der Waals surface area contributed by atoms with Crippen LogP contribution in [-0.4, -0.2) is 24.7 Å². The van der Waals surface area contributed by atoms with Crippen LogP contribution in [0.15, 0.2) is 36.8 Å². The Morgan fingerprint density at radius 2 is 2.00 bits per heavy atom. The molecule has 1 N–H and O–H groups in total. The summed E-state index contributed by atoms with van der Waals surface area (Å²) in [5.74, 6) is 0.608. The second kappa shape index (κ2) is 4.57. The van der Waals surface area contributed by atoms with Gasteiger partial charge in [-0.15, -0.1) is 0 Å². The first kappa shape index (κ1) is 12.0. The Morgan fingerprint density at radius 3 is 2.70 bits per heavy atom. The number of hydrogen-bond acceptors (Lipinski definition) is 6. The Morgan fingerprint density at radius 1 is 1.25 bits per heavy atom. The first-order valence-electron chi connectivity index (χ1n) is 5.79. The molecule has 0 amide bonds. The van der Waals surface area contributed by atoms with Crippen LogP contribution in [0, 0.1) is 10.1 Å². The molecule has 0 bridgehead atoms. The highest BCUT2D eigenvalue weighted by Gasteiger charge is 2.09. The average molecular weight is 270 g/mol. The summed E-state index contributed by atoms with van der Waals surface area (Å²) in [4.78, 5) is 18.5. The molecule has 0 saturated heterocycles. The summed E-state index contributed by atoms with van der Waals surface area (Å²) in [6, 6.07) is 6.12. The Bertz CT molecular complexity index is 780. The van der Waals surface area contributed by atoms with Crippen molar-refractivity contribution in [3.05, 3.63) is 46.9 Å². The fraction of sp³-hybridized carbons (Fsp3) is 0.0833. The molecule has 100 valence electrons. The van der Waals surface area contributed by atoms with Crippen molar-refractivity contribution >= 4 is 28.2 Å². The Labute approximate surface area is 113 Å². The Hall–Kier alpha value is -3.03. The summed E-state index contributed by atoms with van der Waals surface area (Å²) in [5.41, 5.74) is 1.47. The van der Waals surface area contributed by atoms with E-state index in [1.165, 1.54) is 18.5 Å². The quantitative estimate of drug-likeness (QED) is 0.577. The number of benzene rings is 1. The normalized spacial score (nSPS) is 10.7. The highest BCUT2D eigenvalue weighted by atomic mass is 16.6. The molecule has 20 heavy (non-hydrogen) atoms. The van der Waals surface area contributed by atoms with E-state index in [1.54, 1.807) is 30.1 Å². The van der Waals surface area contributed by atoms with Crippen molar-refractivity contribution in [3.63, 3.8) is 0 Å². The lowest BCUT2D eigenvalue weighted by Crippen LogP contribution is -1.97. The van der Waals surface area contributed by atoms with Crippen LogP contribution in [0.1, 0.15) is 0 Å². The third kappa shape index (κ3) is 2.03. The molecule has 0 atom stereocenters. The van der Waals surface area contributed by atoms with Crippen LogP contribution in [0.2, 0.25) is 0 Å². The Balaban J connectivity index is 1.95. The van der Waals surface area contributed by atoms with Crippen molar-refractivity contribution in [1.82, 2.24) is 19.7 Å². The SMILES string of the molecule is Cn1ncc2c(Nc3ccc([N+](=O)[O-])cc3)ncnc21. The van der Waals surface area contributed by atoms with Gasteiger partial charge < -0.3 is 5.32 Å². The molecule has 2 heterocycles. The van der Waals surface area contributed by atoms with Crippen LogP contribution in [-0.2, 0) is 7.05 Å².